The third kappa shape index (κ3) is 3.89. The van der Waals surface area contributed by atoms with Gasteiger partial charge in [-0.25, -0.2) is 17.5 Å². The minimum absolute atomic E-state index is 0.206. The van der Waals surface area contributed by atoms with Crippen LogP contribution in [-0.2, 0) is 16.4 Å². The van der Waals surface area contributed by atoms with Crippen molar-refractivity contribution in [1.29, 1.82) is 0 Å². The van der Waals surface area contributed by atoms with Crippen LogP contribution in [-0.4, -0.2) is 24.5 Å². The van der Waals surface area contributed by atoms with Gasteiger partial charge in [-0.05, 0) is 48.6 Å². The summed E-state index contributed by atoms with van der Waals surface area (Å²) in [6.07, 6.45) is 3.33. The van der Waals surface area contributed by atoms with Crippen molar-refractivity contribution in [2.24, 2.45) is 5.92 Å². The molecule has 0 aliphatic heterocycles. The summed E-state index contributed by atoms with van der Waals surface area (Å²) in [5.41, 5.74) is 2.31. The maximum absolute atomic E-state index is 13.3. The molecule has 28 heavy (non-hydrogen) atoms. The van der Waals surface area contributed by atoms with Crippen LogP contribution in [0.3, 0.4) is 0 Å². The highest BCUT2D eigenvalue weighted by Crippen LogP contribution is 2.32. The van der Waals surface area contributed by atoms with Gasteiger partial charge < -0.3 is 0 Å². The summed E-state index contributed by atoms with van der Waals surface area (Å²) in [5.74, 6) is 0.111. The summed E-state index contributed by atoms with van der Waals surface area (Å²) in [6.45, 7) is 0.566. The molecule has 7 heteroatoms. The minimum atomic E-state index is -3.31. The average Bonchev–Trinajstić information content (AvgIpc) is 3.47. The van der Waals surface area contributed by atoms with Gasteiger partial charge in [0, 0.05) is 30.0 Å². The van der Waals surface area contributed by atoms with E-state index in [1.165, 1.54) is 35.0 Å². The van der Waals surface area contributed by atoms with Gasteiger partial charge in [0.15, 0.2) is 9.84 Å². The van der Waals surface area contributed by atoms with Crippen LogP contribution in [0.15, 0.2) is 64.3 Å². The van der Waals surface area contributed by atoms with E-state index in [0.29, 0.717) is 34.8 Å². The molecule has 0 bridgehead atoms. The van der Waals surface area contributed by atoms with Crippen molar-refractivity contribution >= 4 is 9.84 Å². The largest absolute Gasteiger partial charge is 0.268 e. The van der Waals surface area contributed by atoms with Crippen LogP contribution in [0.1, 0.15) is 12.8 Å². The summed E-state index contributed by atoms with van der Waals surface area (Å²) >= 11 is 0. The Bertz CT molecular complexity index is 1180. The molecule has 5 nitrogen and oxygen atoms in total. The maximum Gasteiger partial charge on any atom is 0.267 e. The lowest BCUT2D eigenvalue weighted by molar-refractivity contribution is 0.536. The molecule has 1 heterocycles. The van der Waals surface area contributed by atoms with Crippen molar-refractivity contribution < 1.29 is 12.8 Å². The average molecular weight is 398 g/mol. The summed E-state index contributed by atoms with van der Waals surface area (Å²) in [7, 11) is -3.31. The lowest BCUT2D eigenvalue weighted by Crippen LogP contribution is -2.24. The molecule has 0 spiro atoms. The van der Waals surface area contributed by atoms with Crippen LogP contribution in [0.25, 0.3) is 22.4 Å². The first kappa shape index (κ1) is 18.6. The van der Waals surface area contributed by atoms with E-state index in [-0.39, 0.29) is 16.3 Å². The van der Waals surface area contributed by atoms with E-state index in [4.69, 9.17) is 0 Å². The number of hydrogen-bond acceptors (Lipinski definition) is 4. The summed E-state index contributed by atoms with van der Waals surface area (Å²) in [5, 5.41) is 4.57. The first-order chi connectivity index (χ1) is 13.3. The monoisotopic (exact) mass is 398 g/mol. The number of aromatic nitrogens is 2. The van der Waals surface area contributed by atoms with E-state index in [9.17, 15) is 17.6 Å². The summed E-state index contributed by atoms with van der Waals surface area (Å²) in [4.78, 5) is 12.8. The second-order valence-corrected chi connectivity index (χ2v) is 9.19. The Morgan fingerprint density at radius 3 is 2.21 bits per heavy atom. The molecule has 3 aromatic rings. The van der Waals surface area contributed by atoms with E-state index in [1.807, 2.05) is 0 Å². The maximum atomic E-state index is 13.3. The second-order valence-electron chi connectivity index (χ2n) is 7.17. The Hall–Kier alpha value is -2.80. The van der Waals surface area contributed by atoms with Crippen molar-refractivity contribution in [2.75, 3.05) is 6.26 Å². The Kier molecular flexibility index (Phi) is 4.63. The molecule has 1 aromatic heterocycles. The van der Waals surface area contributed by atoms with Crippen LogP contribution in [0.4, 0.5) is 4.39 Å². The first-order valence-electron chi connectivity index (χ1n) is 9.00. The number of rotatable bonds is 5. The summed E-state index contributed by atoms with van der Waals surface area (Å²) < 4.78 is 38.3. The fourth-order valence-electron chi connectivity index (χ4n) is 3.09. The van der Waals surface area contributed by atoms with Crippen molar-refractivity contribution in [3.8, 4) is 22.4 Å². The zero-order valence-electron chi connectivity index (χ0n) is 15.3. The zero-order valence-corrected chi connectivity index (χ0v) is 16.1. The molecular weight excluding hydrogens is 379 g/mol. The molecular formula is C21H19FN2O3S. The quantitative estimate of drug-likeness (QED) is 0.659. The zero-order chi connectivity index (χ0) is 19.9. The van der Waals surface area contributed by atoms with Gasteiger partial charge in [0.1, 0.15) is 5.82 Å². The van der Waals surface area contributed by atoms with Gasteiger partial charge in [0.05, 0.1) is 10.6 Å². The molecule has 144 valence electrons. The third-order valence-corrected chi connectivity index (χ3v) is 5.97. The molecule has 0 N–H and O–H groups in total. The number of benzene rings is 2. The molecule has 1 fully saturated rings. The van der Waals surface area contributed by atoms with Gasteiger partial charge in [-0.3, -0.25) is 4.79 Å². The fraction of sp³-hybridized carbons (Fsp3) is 0.238. The standard InChI is InChI=1S/C21H19FN2O3S/c1-28(26,27)18-10-6-16(7-11-18)21-19(15-4-8-17(22)9-5-15)12-20(25)24(23-21)13-14-2-3-14/h4-12,14H,2-3,13H2,1H3. The van der Waals surface area contributed by atoms with Crippen LogP contribution in [0.5, 0.6) is 0 Å². The minimum Gasteiger partial charge on any atom is -0.268 e. The molecule has 0 amide bonds. The van der Waals surface area contributed by atoms with Crippen molar-refractivity contribution in [3.05, 3.63) is 70.8 Å². The van der Waals surface area contributed by atoms with Gasteiger partial charge in [-0.2, -0.15) is 5.10 Å². The molecule has 0 unspecified atom stereocenters. The van der Waals surface area contributed by atoms with E-state index in [2.05, 4.69) is 5.10 Å². The van der Waals surface area contributed by atoms with Gasteiger partial charge >= 0.3 is 0 Å². The van der Waals surface area contributed by atoms with Crippen LogP contribution < -0.4 is 5.56 Å². The highest BCUT2D eigenvalue weighted by atomic mass is 32.2. The second kappa shape index (κ2) is 6.98. The molecule has 0 saturated heterocycles. The molecule has 1 aliphatic carbocycles. The number of sulfone groups is 1. The Balaban J connectivity index is 1.86. The SMILES string of the molecule is CS(=O)(=O)c1ccc(-c2nn(CC3CC3)c(=O)cc2-c2ccc(F)cc2)cc1. The lowest BCUT2D eigenvalue weighted by atomic mass is 10.00. The highest BCUT2D eigenvalue weighted by Gasteiger charge is 2.23. The van der Waals surface area contributed by atoms with Gasteiger partial charge in [0.2, 0.25) is 0 Å². The molecule has 2 aromatic carbocycles. The molecule has 4 rings (SSSR count). The Labute approximate surface area is 162 Å². The lowest BCUT2D eigenvalue weighted by Gasteiger charge is -2.13. The van der Waals surface area contributed by atoms with Gasteiger partial charge in [-0.1, -0.05) is 24.3 Å². The molecule has 0 atom stereocenters. The van der Waals surface area contributed by atoms with E-state index >= 15 is 0 Å². The predicted octanol–water partition coefficient (Wildman–Crippen LogP) is 3.53. The smallest absolute Gasteiger partial charge is 0.267 e. The van der Waals surface area contributed by atoms with Crippen molar-refractivity contribution in [1.82, 2.24) is 9.78 Å². The number of halogens is 1. The predicted molar refractivity (Wildman–Crippen MR) is 105 cm³/mol. The normalized spacial score (nSPS) is 14.2. The first-order valence-corrected chi connectivity index (χ1v) is 10.9. The highest BCUT2D eigenvalue weighted by molar-refractivity contribution is 7.90. The van der Waals surface area contributed by atoms with Gasteiger partial charge in [0.25, 0.3) is 5.56 Å². The van der Waals surface area contributed by atoms with Crippen LogP contribution >= 0.6 is 0 Å². The van der Waals surface area contributed by atoms with Gasteiger partial charge in [-0.15, -0.1) is 0 Å². The van der Waals surface area contributed by atoms with Crippen molar-refractivity contribution in [3.63, 3.8) is 0 Å². The Morgan fingerprint density at radius 2 is 1.64 bits per heavy atom. The van der Waals surface area contributed by atoms with Crippen LogP contribution in [0.2, 0.25) is 0 Å². The molecule has 0 radical (unpaired) electrons. The van der Waals surface area contributed by atoms with Crippen molar-refractivity contribution in [2.45, 2.75) is 24.3 Å². The molecule has 1 aliphatic rings. The Morgan fingerprint density at radius 1 is 1.04 bits per heavy atom. The van der Waals surface area contributed by atoms with E-state index in [0.717, 1.165) is 19.1 Å². The van der Waals surface area contributed by atoms with E-state index in [1.54, 1.807) is 24.3 Å². The third-order valence-electron chi connectivity index (χ3n) is 4.84. The topological polar surface area (TPSA) is 69.0 Å². The van der Waals surface area contributed by atoms with Crippen LogP contribution in [0, 0.1) is 11.7 Å². The summed E-state index contributed by atoms with van der Waals surface area (Å²) in [6, 6.07) is 13.8. The molecule has 1 saturated carbocycles. The van der Waals surface area contributed by atoms with E-state index < -0.39 is 9.84 Å². The fourth-order valence-corrected chi connectivity index (χ4v) is 3.72. The number of hydrogen-bond donors (Lipinski definition) is 0. The number of nitrogens with zero attached hydrogens (tertiary/aromatic N) is 2.